The standard InChI is InChI=1S/C19H15ClN4S.C4H9.2ClH.Sn/c20-15-10-4-5-11-16(15)22-19(25)24-23-18(14-8-2-1-3-9-14)17-12-6-7-13-21-17;1-3-4-2;;;/h1-13H,(H2,22,24,25);1,3-4H2,2H3;2*1H;/q;;;;+3/p-3/b23-18+;;;;. The van der Waals surface area contributed by atoms with Crippen LogP contribution in [0, 0.1) is 0 Å². The normalized spacial score (nSPS) is 11.4. The van der Waals surface area contributed by atoms with Gasteiger partial charge in [0.05, 0.1) is 16.4 Å². The first-order chi connectivity index (χ1) is 15.5. The maximum absolute atomic E-state index is 6.10. The molecule has 0 bridgehead atoms. The average Bonchev–Trinajstić information content (AvgIpc) is 2.81. The molecule has 0 aliphatic carbocycles. The number of rotatable bonds is 7. The predicted molar refractivity (Wildman–Crippen MR) is 143 cm³/mol. The van der Waals surface area contributed by atoms with E-state index in [2.05, 4.69) is 27.4 Å². The molecule has 0 fully saturated rings. The van der Waals surface area contributed by atoms with Gasteiger partial charge in [0.25, 0.3) is 0 Å². The Hall–Kier alpha value is -1.38. The number of benzene rings is 2. The smallest absolute Gasteiger partial charge is 0.116 e. The zero-order valence-electron chi connectivity index (χ0n) is 17.5. The van der Waals surface area contributed by atoms with Crippen molar-refractivity contribution in [3.63, 3.8) is 0 Å². The number of hydrazone groups is 1. The molecule has 1 heterocycles. The van der Waals surface area contributed by atoms with Crippen molar-refractivity contribution in [3.05, 3.63) is 95.3 Å². The van der Waals surface area contributed by atoms with Gasteiger partial charge in [0, 0.05) is 16.9 Å². The van der Waals surface area contributed by atoms with E-state index in [-0.39, 0.29) is 5.17 Å². The van der Waals surface area contributed by atoms with E-state index in [1.807, 2.05) is 60.7 Å². The number of nitrogens with one attached hydrogen (secondary N) is 1. The van der Waals surface area contributed by atoms with Crippen molar-refractivity contribution in [2.75, 3.05) is 0 Å². The summed E-state index contributed by atoms with van der Waals surface area (Å²) in [5, 5.41) is 5.17. The number of halogens is 3. The van der Waals surface area contributed by atoms with Gasteiger partial charge in [-0.05, 0) is 24.3 Å². The second-order valence-electron chi connectivity index (χ2n) is 6.46. The molecular formula is C23H23Cl3N4SSn. The molecule has 166 valence electrons. The Morgan fingerprint density at radius 3 is 2.28 bits per heavy atom. The van der Waals surface area contributed by atoms with Crippen LogP contribution in [0.1, 0.15) is 31.0 Å². The SMILES string of the molecule is CCC[CH2][Sn+]([Cl])[Cl].[S-]C(=Nc1ccccc1Cl)N/N=C(\c1ccccc1)c1ccccn1. The molecule has 0 saturated carbocycles. The van der Waals surface area contributed by atoms with Crippen molar-refractivity contribution >= 4 is 76.1 Å². The summed E-state index contributed by atoms with van der Waals surface area (Å²) in [5.74, 6) is 0. The Morgan fingerprint density at radius 2 is 1.69 bits per heavy atom. The Balaban J connectivity index is 0.000000451. The van der Waals surface area contributed by atoms with Crippen LogP contribution in [0.2, 0.25) is 9.46 Å². The van der Waals surface area contributed by atoms with Gasteiger partial charge < -0.3 is 12.6 Å². The topological polar surface area (TPSA) is 49.6 Å². The van der Waals surface area contributed by atoms with Gasteiger partial charge in [-0.3, -0.25) is 15.4 Å². The van der Waals surface area contributed by atoms with E-state index in [1.165, 1.54) is 12.8 Å². The summed E-state index contributed by atoms with van der Waals surface area (Å²) in [7, 11) is 11.2. The maximum atomic E-state index is 6.10. The molecule has 0 radical (unpaired) electrons. The van der Waals surface area contributed by atoms with Gasteiger partial charge in [-0.1, -0.05) is 60.1 Å². The van der Waals surface area contributed by atoms with E-state index in [0.29, 0.717) is 16.4 Å². The minimum Gasteiger partial charge on any atom is -0.741 e. The van der Waals surface area contributed by atoms with Crippen LogP contribution in [0.25, 0.3) is 0 Å². The molecule has 4 nitrogen and oxygen atoms in total. The Labute approximate surface area is 214 Å². The number of pyridine rings is 1. The Morgan fingerprint density at radius 1 is 1.00 bits per heavy atom. The number of aromatic nitrogens is 1. The van der Waals surface area contributed by atoms with E-state index in [0.717, 1.165) is 15.7 Å². The van der Waals surface area contributed by atoms with Gasteiger partial charge in [0.2, 0.25) is 0 Å². The number of unbranched alkanes of at least 4 members (excludes halogenated alkanes) is 1. The number of hydrogen-bond donors (Lipinski definition) is 1. The third-order valence-electron chi connectivity index (χ3n) is 4.01. The Bertz CT molecular complexity index is 961. The van der Waals surface area contributed by atoms with Crippen LogP contribution in [-0.4, -0.2) is 33.4 Å². The number of amidine groups is 1. The molecule has 9 heteroatoms. The minimum absolute atomic E-state index is 0.220. The van der Waals surface area contributed by atoms with Crippen LogP contribution in [0.3, 0.4) is 0 Å². The minimum atomic E-state index is -1.70. The molecule has 0 unspecified atom stereocenters. The number of aliphatic imine (C=N–C) groups is 1. The fraction of sp³-hybridized carbons (Fsp3) is 0.174. The zero-order chi connectivity index (χ0) is 23.2. The predicted octanol–water partition coefficient (Wildman–Crippen LogP) is 7.06. The van der Waals surface area contributed by atoms with Crippen molar-refractivity contribution in [1.82, 2.24) is 10.4 Å². The molecule has 0 atom stereocenters. The molecule has 1 N–H and O–H groups in total. The third-order valence-corrected chi connectivity index (χ3v) is 9.14. The van der Waals surface area contributed by atoms with E-state index in [9.17, 15) is 0 Å². The van der Waals surface area contributed by atoms with Crippen molar-refractivity contribution in [3.8, 4) is 0 Å². The Kier molecular flexibility index (Phi) is 13.0. The monoisotopic (exact) mass is 612 g/mol. The van der Waals surface area contributed by atoms with Gasteiger partial charge in [-0.2, -0.15) is 5.10 Å². The van der Waals surface area contributed by atoms with E-state index < -0.39 is 17.5 Å². The molecular weight excluding hydrogens is 589 g/mol. The van der Waals surface area contributed by atoms with Gasteiger partial charge in [-0.15, -0.1) is 0 Å². The maximum Gasteiger partial charge on any atom is 0.116 e. The summed E-state index contributed by atoms with van der Waals surface area (Å²) in [5.41, 5.74) is 5.74. The molecule has 0 spiro atoms. The molecule has 1 aromatic heterocycles. The summed E-state index contributed by atoms with van der Waals surface area (Å²) >= 11 is 9.65. The van der Waals surface area contributed by atoms with Crippen LogP contribution in [-0.2, 0) is 12.6 Å². The quantitative estimate of drug-likeness (QED) is 0.102. The fourth-order valence-corrected chi connectivity index (χ4v) is 6.35. The van der Waals surface area contributed by atoms with Gasteiger partial charge in [0.15, 0.2) is 0 Å². The first kappa shape index (κ1) is 26.9. The third kappa shape index (κ3) is 10.0. The second-order valence-corrected chi connectivity index (χ2v) is 18.0. The molecule has 0 saturated heterocycles. The first-order valence-electron chi connectivity index (χ1n) is 9.98. The van der Waals surface area contributed by atoms with Gasteiger partial charge >= 0.3 is 59.6 Å². The number of para-hydroxylation sites is 1. The van der Waals surface area contributed by atoms with E-state index in [4.69, 9.17) is 42.1 Å². The summed E-state index contributed by atoms with van der Waals surface area (Å²) in [6.07, 6.45) is 4.17. The molecule has 0 aliphatic heterocycles. The van der Waals surface area contributed by atoms with Crippen LogP contribution >= 0.6 is 29.4 Å². The van der Waals surface area contributed by atoms with Gasteiger partial charge in [0.1, 0.15) is 5.71 Å². The van der Waals surface area contributed by atoms with Crippen LogP contribution in [0.5, 0.6) is 0 Å². The van der Waals surface area contributed by atoms with Crippen molar-refractivity contribution in [1.29, 1.82) is 0 Å². The molecule has 3 rings (SSSR count). The molecule has 3 aromatic rings. The summed E-state index contributed by atoms with van der Waals surface area (Å²) in [6, 6.07) is 22.7. The fourth-order valence-electron chi connectivity index (χ4n) is 2.46. The van der Waals surface area contributed by atoms with Crippen molar-refractivity contribution in [2.45, 2.75) is 24.2 Å². The van der Waals surface area contributed by atoms with E-state index in [1.54, 1.807) is 18.3 Å². The second kappa shape index (κ2) is 15.5. The molecule has 2 aromatic carbocycles. The molecule has 32 heavy (non-hydrogen) atoms. The zero-order valence-corrected chi connectivity index (χ0v) is 23.4. The molecule has 0 amide bonds. The summed E-state index contributed by atoms with van der Waals surface area (Å²) < 4.78 is 1.13. The van der Waals surface area contributed by atoms with Crippen LogP contribution in [0.15, 0.2) is 89.1 Å². The van der Waals surface area contributed by atoms with Crippen LogP contribution < -0.4 is 5.43 Å². The van der Waals surface area contributed by atoms with Crippen molar-refractivity contribution < 1.29 is 0 Å². The number of nitrogens with zero attached hydrogens (tertiary/aromatic N) is 3. The van der Waals surface area contributed by atoms with Crippen LogP contribution in [0.4, 0.5) is 5.69 Å². The van der Waals surface area contributed by atoms with Crippen molar-refractivity contribution in [2.24, 2.45) is 10.1 Å². The summed E-state index contributed by atoms with van der Waals surface area (Å²) in [6.45, 7) is 2.15. The first-order valence-corrected chi connectivity index (χ1v) is 20.0. The van der Waals surface area contributed by atoms with E-state index >= 15 is 0 Å². The largest absolute Gasteiger partial charge is 0.741 e. The average molecular weight is 613 g/mol. The number of hydrogen-bond acceptors (Lipinski definition) is 4. The van der Waals surface area contributed by atoms with Gasteiger partial charge in [-0.25, -0.2) is 0 Å². The molecule has 0 aliphatic rings. The summed E-state index contributed by atoms with van der Waals surface area (Å²) in [4.78, 5) is 8.64.